The molecule has 0 unspecified atom stereocenters. The average Bonchev–Trinajstić information content (AvgIpc) is 2.15. The van der Waals surface area contributed by atoms with E-state index < -0.39 is 0 Å². The SMILES string of the molecule is CCN=C1CC1(C)C. The molecule has 0 bridgehead atoms. The molecule has 0 N–H and O–H groups in total. The van der Waals surface area contributed by atoms with Gasteiger partial charge in [-0.15, -0.1) is 0 Å². The van der Waals surface area contributed by atoms with Gasteiger partial charge in [0.05, 0.1) is 0 Å². The Morgan fingerprint density at radius 1 is 1.62 bits per heavy atom. The van der Waals surface area contributed by atoms with Gasteiger partial charge in [0.2, 0.25) is 0 Å². The van der Waals surface area contributed by atoms with Gasteiger partial charge >= 0.3 is 0 Å². The van der Waals surface area contributed by atoms with E-state index in [1.165, 1.54) is 12.1 Å². The molecule has 0 aliphatic heterocycles. The van der Waals surface area contributed by atoms with E-state index in [4.69, 9.17) is 0 Å². The van der Waals surface area contributed by atoms with Gasteiger partial charge in [-0.3, -0.25) is 4.99 Å². The predicted octanol–water partition coefficient (Wildman–Crippen LogP) is 1.88. The summed E-state index contributed by atoms with van der Waals surface area (Å²) in [6, 6.07) is 0. The molecule has 0 saturated heterocycles. The van der Waals surface area contributed by atoms with Gasteiger partial charge in [0.25, 0.3) is 0 Å². The molecule has 0 amide bonds. The third-order valence-electron chi connectivity index (χ3n) is 1.61. The number of aliphatic imine (C=N–C) groups is 1. The zero-order valence-corrected chi connectivity index (χ0v) is 5.86. The highest BCUT2D eigenvalue weighted by Crippen LogP contribution is 2.40. The Bertz CT molecular complexity index is 122. The summed E-state index contributed by atoms with van der Waals surface area (Å²) >= 11 is 0. The molecule has 1 heteroatoms. The summed E-state index contributed by atoms with van der Waals surface area (Å²) in [5.41, 5.74) is 1.87. The second-order valence-corrected chi connectivity index (χ2v) is 2.98. The Labute approximate surface area is 50.8 Å². The van der Waals surface area contributed by atoms with Gasteiger partial charge in [-0.2, -0.15) is 0 Å². The summed E-state index contributed by atoms with van der Waals surface area (Å²) in [6.45, 7) is 7.52. The molecule has 1 fully saturated rings. The molecule has 1 aliphatic rings. The van der Waals surface area contributed by atoms with E-state index in [0.717, 1.165) is 6.54 Å². The van der Waals surface area contributed by atoms with E-state index in [9.17, 15) is 0 Å². The summed E-state index contributed by atoms with van der Waals surface area (Å²) in [6.07, 6.45) is 1.22. The highest BCUT2D eigenvalue weighted by molar-refractivity contribution is 6.04. The van der Waals surface area contributed by atoms with E-state index in [0.29, 0.717) is 5.41 Å². The molecule has 1 aliphatic carbocycles. The number of rotatable bonds is 1. The first-order valence-corrected chi connectivity index (χ1v) is 3.20. The van der Waals surface area contributed by atoms with Crippen LogP contribution in [0, 0.1) is 5.41 Å². The highest BCUT2D eigenvalue weighted by atomic mass is 14.8. The molecular weight excluding hydrogens is 98.1 g/mol. The number of hydrogen-bond donors (Lipinski definition) is 0. The van der Waals surface area contributed by atoms with Gasteiger partial charge in [-0.25, -0.2) is 0 Å². The molecule has 1 rings (SSSR count). The molecule has 0 heterocycles. The minimum Gasteiger partial charge on any atom is -0.294 e. The number of nitrogens with zero attached hydrogens (tertiary/aromatic N) is 1. The summed E-state index contributed by atoms with van der Waals surface area (Å²) in [5.74, 6) is 0. The fourth-order valence-electron chi connectivity index (χ4n) is 0.835. The minimum absolute atomic E-state index is 0.468. The van der Waals surface area contributed by atoms with Gasteiger partial charge in [0.15, 0.2) is 0 Å². The van der Waals surface area contributed by atoms with Crippen LogP contribution < -0.4 is 0 Å². The third-order valence-corrected chi connectivity index (χ3v) is 1.61. The Morgan fingerprint density at radius 3 is 2.25 bits per heavy atom. The van der Waals surface area contributed by atoms with Crippen molar-refractivity contribution >= 4 is 5.71 Å². The minimum atomic E-state index is 0.468. The fraction of sp³-hybridized carbons (Fsp3) is 0.857. The Balaban J connectivity index is 2.47. The molecule has 8 heavy (non-hydrogen) atoms. The normalized spacial score (nSPS) is 28.6. The number of hydrogen-bond acceptors (Lipinski definition) is 1. The smallest absolute Gasteiger partial charge is 0.0360 e. The van der Waals surface area contributed by atoms with E-state index >= 15 is 0 Å². The summed E-state index contributed by atoms with van der Waals surface area (Å²) in [7, 11) is 0. The molecule has 1 nitrogen and oxygen atoms in total. The zero-order valence-electron chi connectivity index (χ0n) is 5.86. The fourth-order valence-corrected chi connectivity index (χ4v) is 0.835. The molecule has 0 radical (unpaired) electrons. The van der Waals surface area contributed by atoms with Crippen LogP contribution in [0.3, 0.4) is 0 Å². The lowest BCUT2D eigenvalue weighted by atomic mass is 10.2. The first-order valence-electron chi connectivity index (χ1n) is 3.20. The lowest BCUT2D eigenvalue weighted by Crippen LogP contribution is -1.87. The van der Waals surface area contributed by atoms with Crippen LogP contribution in [0.2, 0.25) is 0 Å². The van der Waals surface area contributed by atoms with Crippen LogP contribution in [0.4, 0.5) is 0 Å². The van der Waals surface area contributed by atoms with Crippen molar-refractivity contribution in [3.05, 3.63) is 0 Å². The molecular formula is C7H13N. The topological polar surface area (TPSA) is 12.4 Å². The van der Waals surface area contributed by atoms with Crippen LogP contribution in [0.5, 0.6) is 0 Å². The van der Waals surface area contributed by atoms with Crippen molar-refractivity contribution in [2.24, 2.45) is 10.4 Å². The summed E-state index contributed by atoms with van der Waals surface area (Å²) in [4.78, 5) is 4.31. The van der Waals surface area contributed by atoms with Crippen LogP contribution in [0.15, 0.2) is 4.99 Å². The second kappa shape index (κ2) is 1.57. The van der Waals surface area contributed by atoms with Gasteiger partial charge in [0, 0.05) is 17.7 Å². The van der Waals surface area contributed by atoms with Crippen molar-refractivity contribution in [2.75, 3.05) is 6.54 Å². The molecule has 46 valence electrons. The summed E-state index contributed by atoms with van der Waals surface area (Å²) in [5, 5.41) is 0. The molecule has 0 aromatic heterocycles. The maximum Gasteiger partial charge on any atom is 0.0360 e. The van der Waals surface area contributed by atoms with Gasteiger partial charge < -0.3 is 0 Å². The maximum atomic E-state index is 4.31. The monoisotopic (exact) mass is 111 g/mol. The molecule has 1 saturated carbocycles. The third kappa shape index (κ3) is 0.908. The van der Waals surface area contributed by atoms with E-state index in [1.54, 1.807) is 0 Å². The van der Waals surface area contributed by atoms with Crippen molar-refractivity contribution in [3.63, 3.8) is 0 Å². The highest BCUT2D eigenvalue weighted by Gasteiger charge is 2.40. The first-order chi connectivity index (χ1) is 3.67. The predicted molar refractivity (Wildman–Crippen MR) is 36.4 cm³/mol. The van der Waals surface area contributed by atoms with Crippen molar-refractivity contribution in [3.8, 4) is 0 Å². The van der Waals surface area contributed by atoms with Crippen molar-refractivity contribution in [2.45, 2.75) is 27.2 Å². The second-order valence-electron chi connectivity index (χ2n) is 2.98. The van der Waals surface area contributed by atoms with Crippen LogP contribution in [-0.2, 0) is 0 Å². The van der Waals surface area contributed by atoms with E-state index in [-0.39, 0.29) is 0 Å². The van der Waals surface area contributed by atoms with Crippen molar-refractivity contribution in [1.82, 2.24) is 0 Å². The van der Waals surface area contributed by atoms with Crippen molar-refractivity contribution < 1.29 is 0 Å². The Hall–Kier alpha value is -0.330. The lowest BCUT2D eigenvalue weighted by molar-refractivity contribution is 0.706. The Kier molecular flexibility index (Phi) is 1.14. The van der Waals surface area contributed by atoms with Gasteiger partial charge in [0.1, 0.15) is 0 Å². The first kappa shape index (κ1) is 5.80. The molecule has 0 aromatic carbocycles. The van der Waals surface area contributed by atoms with Gasteiger partial charge in [-0.05, 0) is 13.3 Å². The van der Waals surface area contributed by atoms with Crippen LogP contribution in [0.1, 0.15) is 27.2 Å². The van der Waals surface area contributed by atoms with Crippen LogP contribution >= 0.6 is 0 Å². The van der Waals surface area contributed by atoms with Crippen molar-refractivity contribution in [1.29, 1.82) is 0 Å². The van der Waals surface area contributed by atoms with E-state index in [1.807, 2.05) is 0 Å². The standard InChI is InChI=1S/C7H13N/c1-4-8-6-5-7(6,2)3/h4-5H2,1-3H3. The quantitative estimate of drug-likeness (QED) is 0.490. The van der Waals surface area contributed by atoms with Gasteiger partial charge in [-0.1, -0.05) is 13.8 Å². The molecule has 0 spiro atoms. The van der Waals surface area contributed by atoms with Crippen LogP contribution in [0.25, 0.3) is 0 Å². The largest absolute Gasteiger partial charge is 0.294 e. The maximum absolute atomic E-state index is 4.31. The van der Waals surface area contributed by atoms with Crippen LogP contribution in [-0.4, -0.2) is 12.3 Å². The average molecular weight is 111 g/mol. The summed E-state index contributed by atoms with van der Waals surface area (Å²) < 4.78 is 0. The Morgan fingerprint density at radius 2 is 2.12 bits per heavy atom. The van der Waals surface area contributed by atoms with E-state index in [2.05, 4.69) is 25.8 Å². The molecule has 0 atom stereocenters. The zero-order chi connectivity index (χ0) is 6.20. The lowest BCUT2D eigenvalue weighted by Gasteiger charge is -1.89. The molecule has 0 aromatic rings.